The molecule has 3 amide bonds. The minimum atomic E-state index is -0.631. The highest BCUT2D eigenvalue weighted by Gasteiger charge is 2.28. The van der Waals surface area contributed by atoms with Gasteiger partial charge in [-0.3, -0.25) is 25.2 Å². The van der Waals surface area contributed by atoms with E-state index in [1.54, 1.807) is 31.2 Å². The second-order valence-electron chi connectivity index (χ2n) is 7.75. The van der Waals surface area contributed by atoms with Crippen molar-refractivity contribution in [3.8, 4) is 0 Å². The maximum atomic E-state index is 12.8. The van der Waals surface area contributed by atoms with Gasteiger partial charge in [-0.1, -0.05) is 39.1 Å². The van der Waals surface area contributed by atoms with E-state index in [9.17, 15) is 14.4 Å². The summed E-state index contributed by atoms with van der Waals surface area (Å²) in [6.45, 7) is 1.73. The Labute approximate surface area is 219 Å². The van der Waals surface area contributed by atoms with Crippen molar-refractivity contribution >= 4 is 62.6 Å². The highest BCUT2D eigenvalue weighted by Crippen LogP contribution is 2.30. The van der Waals surface area contributed by atoms with Gasteiger partial charge in [-0.2, -0.15) is 5.10 Å². The van der Waals surface area contributed by atoms with Crippen LogP contribution in [0.5, 0.6) is 0 Å². The maximum absolute atomic E-state index is 12.8. The maximum Gasteiger partial charge on any atom is 0.305 e. The molecule has 2 aromatic carbocycles. The van der Waals surface area contributed by atoms with Crippen LogP contribution in [0, 0.1) is 6.92 Å². The lowest BCUT2D eigenvalue weighted by atomic mass is 9.93. The lowest BCUT2D eigenvalue weighted by Crippen LogP contribution is -2.41. The molecule has 0 unspecified atom stereocenters. The Kier molecular flexibility index (Phi) is 7.59. The van der Waals surface area contributed by atoms with E-state index in [4.69, 9.17) is 27.6 Å². The third-order valence-corrected chi connectivity index (χ3v) is 6.47. The Morgan fingerprint density at radius 3 is 2.40 bits per heavy atom. The van der Waals surface area contributed by atoms with Gasteiger partial charge in [0.15, 0.2) is 5.76 Å². The summed E-state index contributed by atoms with van der Waals surface area (Å²) in [5.74, 6) is -0.936. The topological polar surface area (TPSA) is 113 Å². The summed E-state index contributed by atoms with van der Waals surface area (Å²) >= 11 is 15.2. The third-order valence-electron chi connectivity index (χ3n) is 5.40. The fourth-order valence-corrected chi connectivity index (χ4v) is 4.45. The number of benzene rings is 2. The number of hydrogen-bond donors (Lipinski definition) is 3. The van der Waals surface area contributed by atoms with Gasteiger partial charge in [0.05, 0.1) is 16.3 Å². The van der Waals surface area contributed by atoms with E-state index >= 15 is 0 Å². The van der Waals surface area contributed by atoms with E-state index in [0.717, 1.165) is 10.9 Å². The molecule has 0 saturated heterocycles. The molecule has 0 aliphatic heterocycles. The number of nitrogens with zero attached hydrogens (tertiary/aromatic N) is 1. The van der Waals surface area contributed by atoms with Gasteiger partial charge in [-0.05, 0) is 62.2 Å². The fourth-order valence-electron chi connectivity index (χ4n) is 3.69. The molecule has 3 aromatic rings. The number of nitrogens with one attached hydrogen (secondary N) is 3. The minimum Gasteiger partial charge on any atom is -0.455 e. The zero-order chi connectivity index (χ0) is 25.1. The lowest BCUT2D eigenvalue weighted by molar-refractivity contribution is 0.0829. The van der Waals surface area contributed by atoms with Crippen molar-refractivity contribution in [2.75, 3.05) is 0 Å². The monoisotopic (exact) mass is 576 g/mol. The van der Waals surface area contributed by atoms with Gasteiger partial charge in [-0.15, -0.1) is 0 Å². The van der Waals surface area contributed by atoms with Crippen LogP contribution in [-0.2, 0) is 6.42 Å². The molecule has 4 rings (SSSR count). The SMILES string of the molecule is Cc1c(C(=O)NNC(=O)c2ccc(Cl)cc2Cl)oc2c1/C(=N/NC(=O)c1ccc(Br)cc1)CCC2. The highest BCUT2D eigenvalue weighted by atomic mass is 79.9. The van der Waals surface area contributed by atoms with Gasteiger partial charge in [0.25, 0.3) is 11.8 Å². The Morgan fingerprint density at radius 2 is 1.69 bits per heavy atom. The van der Waals surface area contributed by atoms with Gasteiger partial charge in [0.1, 0.15) is 5.76 Å². The van der Waals surface area contributed by atoms with Gasteiger partial charge in [-0.25, -0.2) is 5.43 Å². The Hall–Kier alpha value is -3.14. The summed E-state index contributed by atoms with van der Waals surface area (Å²) in [5, 5.41) is 4.85. The molecule has 3 N–H and O–H groups in total. The van der Waals surface area contributed by atoms with Gasteiger partial charge in [0.2, 0.25) is 0 Å². The summed E-state index contributed by atoms with van der Waals surface area (Å²) in [4.78, 5) is 37.6. The van der Waals surface area contributed by atoms with E-state index in [1.165, 1.54) is 18.2 Å². The number of carbonyl (C=O) groups is 3. The molecular formula is C24H19BrCl2N4O4. The van der Waals surface area contributed by atoms with Crippen molar-refractivity contribution in [3.63, 3.8) is 0 Å². The van der Waals surface area contributed by atoms with Crippen LogP contribution in [-0.4, -0.2) is 23.4 Å². The lowest BCUT2D eigenvalue weighted by Gasteiger charge is -2.13. The summed E-state index contributed by atoms with van der Waals surface area (Å²) in [7, 11) is 0. The second kappa shape index (κ2) is 10.6. The summed E-state index contributed by atoms with van der Waals surface area (Å²) < 4.78 is 6.67. The van der Waals surface area contributed by atoms with E-state index in [-0.39, 0.29) is 22.3 Å². The number of hydrogen-bond acceptors (Lipinski definition) is 5. The number of hydrazone groups is 1. The highest BCUT2D eigenvalue weighted by molar-refractivity contribution is 9.10. The van der Waals surface area contributed by atoms with Crippen molar-refractivity contribution < 1.29 is 18.8 Å². The molecule has 8 nitrogen and oxygen atoms in total. The molecule has 1 aliphatic carbocycles. The standard InChI is InChI=1S/C24H19BrCl2N4O4/c1-12-20-18(28-29-22(32)13-5-7-14(25)8-6-13)3-2-4-19(20)35-21(12)24(34)31-30-23(33)16-10-9-15(26)11-17(16)27/h5-11H,2-4H2,1H3,(H,29,32)(H,30,33)(H,31,34)/b28-18+. The molecule has 0 spiro atoms. The summed E-state index contributed by atoms with van der Waals surface area (Å²) in [6.07, 6.45) is 1.98. The first-order valence-electron chi connectivity index (χ1n) is 10.6. The van der Waals surface area contributed by atoms with E-state index in [0.29, 0.717) is 46.0 Å². The van der Waals surface area contributed by atoms with Gasteiger partial charge >= 0.3 is 5.91 Å². The van der Waals surface area contributed by atoms with Crippen LogP contribution in [0.25, 0.3) is 0 Å². The Balaban J connectivity index is 1.48. The van der Waals surface area contributed by atoms with Crippen LogP contribution < -0.4 is 16.3 Å². The van der Waals surface area contributed by atoms with Crippen molar-refractivity contribution in [1.82, 2.24) is 16.3 Å². The van der Waals surface area contributed by atoms with Crippen molar-refractivity contribution in [3.05, 3.63) is 90.8 Å². The van der Waals surface area contributed by atoms with E-state index < -0.39 is 11.8 Å². The van der Waals surface area contributed by atoms with E-state index in [2.05, 4.69) is 37.3 Å². The first kappa shape index (κ1) is 25.0. The number of amides is 3. The molecule has 35 heavy (non-hydrogen) atoms. The average Bonchev–Trinajstić information content (AvgIpc) is 3.18. The normalized spacial score (nSPS) is 13.8. The minimum absolute atomic E-state index is 0.0475. The van der Waals surface area contributed by atoms with Crippen molar-refractivity contribution in [2.45, 2.75) is 26.2 Å². The molecule has 0 saturated carbocycles. The molecule has 0 radical (unpaired) electrons. The molecule has 180 valence electrons. The number of fused-ring (bicyclic) bond motifs is 1. The number of aryl methyl sites for hydroxylation is 1. The fraction of sp³-hybridized carbons (Fsp3) is 0.167. The molecule has 0 fully saturated rings. The summed E-state index contributed by atoms with van der Waals surface area (Å²) in [5.41, 5.74) is 9.73. The molecule has 1 heterocycles. The van der Waals surface area contributed by atoms with Gasteiger partial charge in [0, 0.05) is 32.6 Å². The smallest absolute Gasteiger partial charge is 0.305 e. The van der Waals surface area contributed by atoms with Gasteiger partial charge < -0.3 is 4.42 Å². The predicted octanol–water partition coefficient (Wildman–Crippen LogP) is 5.20. The second-order valence-corrected chi connectivity index (χ2v) is 9.51. The molecule has 11 heteroatoms. The zero-order valence-electron chi connectivity index (χ0n) is 18.4. The predicted molar refractivity (Wildman–Crippen MR) is 136 cm³/mol. The van der Waals surface area contributed by atoms with Crippen LogP contribution in [0.15, 0.2) is 56.5 Å². The third kappa shape index (κ3) is 5.58. The zero-order valence-corrected chi connectivity index (χ0v) is 21.5. The Bertz CT molecular complexity index is 1350. The largest absolute Gasteiger partial charge is 0.455 e. The first-order valence-corrected chi connectivity index (χ1v) is 12.1. The Morgan fingerprint density at radius 1 is 0.971 bits per heavy atom. The number of halogens is 3. The van der Waals surface area contributed by atoms with Crippen LogP contribution in [0.2, 0.25) is 10.0 Å². The first-order chi connectivity index (χ1) is 16.7. The molecule has 1 aromatic heterocycles. The molecular weight excluding hydrogens is 559 g/mol. The number of hydrazine groups is 1. The van der Waals surface area contributed by atoms with Crippen LogP contribution in [0.1, 0.15) is 61.0 Å². The summed E-state index contributed by atoms with van der Waals surface area (Å²) in [6, 6.07) is 11.3. The number of rotatable bonds is 4. The number of furan rings is 1. The molecule has 0 bridgehead atoms. The molecule has 1 aliphatic rings. The van der Waals surface area contributed by atoms with E-state index in [1.807, 2.05) is 0 Å². The van der Waals surface area contributed by atoms with Crippen LogP contribution >= 0.6 is 39.1 Å². The van der Waals surface area contributed by atoms with Crippen molar-refractivity contribution in [1.29, 1.82) is 0 Å². The number of carbonyl (C=O) groups excluding carboxylic acids is 3. The van der Waals surface area contributed by atoms with Crippen molar-refractivity contribution in [2.24, 2.45) is 5.10 Å². The molecule has 0 atom stereocenters. The quantitative estimate of drug-likeness (QED) is 0.370. The average molecular weight is 578 g/mol. The van der Waals surface area contributed by atoms with Crippen LogP contribution in [0.3, 0.4) is 0 Å². The van der Waals surface area contributed by atoms with Crippen LogP contribution in [0.4, 0.5) is 0 Å².